The first-order chi connectivity index (χ1) is 3.00. The van der Waals surface area contributed by atoms with Crippen LogP contribution in [0, 0.1) is 0 Å². The van der Waals surface area contributed by atoms with Gasteiger partial charge in [0.2, 0.25) is 0 Å². The van der Waals surface area contributed by atoms with Crippen LogP contribution in [-0.4, -0.2) is 7.28 Å². The Bertz CT molecular complexity index is 49.0. The van der Waals surface area contributed by atoms with Gasteiger partial charge in [0.15, 0.2) is 0 Å². The van der Waals surface area contributed by atoms with E-state index in [2.05, 4.69) is 19.4 Å². The minimum absolute atomic E-state index is 1.19. The molecule has 0 spiro atoms. The first kappa shape index (κ1) is 3.98. The van der Waals surface area contributed by atoms with Crippen LogP contribution in [0.2, 0.25) is 12.6 Å². The third kappa shape index (κ3) is 0.888. The minimum Gasteiger partial charge on any atom is -0.0964 e. The van der Waals surface area contributed by atoms with Gasteiger partial charge in [0.1, 0.15) is 7.28 Å². The van der Waals surface area contributed by atoms with Gasteiger partial charge in [-0.15, -0.1) is 0 Å². The van der Waals surface area contributed by atoms with Crippen LogP contribution in [0.15, 0.2) is 12.2 Å². The van der Waals surface area contributed by atoms with Gasteiger partial charge >= 0.3 is 0 Å². The summed E-state index contributed by atoms with van der Waals surface area (Å²) in [6.07, 6.45) is 8.19. The fourth-order valence-corrected chi connectivity index (χ4v) is 0.642. The lowest BCUT2D eigenvalue weighted by atomic mass is 9.67. The predicted octanol–water partition coefficient (Wildman–Crippen LogP) is 1.49. The summed E-state index contributed by atoms with van der Waals surface area (Å²) in [5, 5.41) is 0. The van der Waals surface area contributed by atoms with Gasteiger partial charge < -0.3 is 0 Å². The Morgan fingerprint density at radius 3 is 2.50 bits per heavy atom. The van der Waals surface area contributed by atoms with Crippen molar-refractivity contribution in [3.05, 3.63) is 12.2 Å². The zero-order chi connectivity index (χ0) is 4.24. The van der Waals surface area contributed by atoms with Gasteiger partial charge in [0.25, 0.3) is 0 Å². The molecule has 1 heterocycles. The summed E-state index contributed by atoms with van der Waals surface area (Å²) < 4.78 is 0. The van der Waals surface area contributed by atoms with E-state index in [9.17, 15) is 0 Å². The molecule has 0 saturated heterocycles. The Kier molecular flexibility index (Phi) is 1.37. The second-order valence-electron chi connectivity index (χ2n) is 1.57. The van der Waals surface area contributed by atoms with Gasteiger partial charge in [-0.25, -0.2) is 0 Å². The van der Waals surface area contributed by atoms with Gasteiger partial charge in [0.05, 0.1) is 0 Å². The van der Waals surface area contributed by atoms with Crippen molar-refractivity contribution in [2.75, 3.05) is 0 Å². The van der Waals surface area contributed by atoms with E-state index < -0.39 is 0 Å². The second kappa shape index (κ2) is 2.06. The van der Waals surface area contributed by atoms with Crippen LogP contribution in [0.4, 0.5) is 0 Å². The van der Waals surface area contributed by atoms with Crippen LogP contribution in [0.1, 0.15) is 6.42 Å². The van der Waals surface area contributed by atoms with Crippen molar-refractivity contribution in [1.82, 2.24) is 0 Å². The molecule has 0 bridgehead atoms. The van der Waals surface area contributed by atoms with Gasteiger partial charge in [-0.2, -0.15) is 0 Å². The monoisotopic (exact) mass is 79.1 g/mol. The molecular weight excluding hydrogens is 70.9 g/mol. The highest BCUT2D eigenvalue weighted by Gasteiger charge is 1.89. The minimum atomic E-state index is 1.19. The maximum Gasteiger partial charge on any atom is 0.114 e. The molecule has 1 heteroatoms. The molecule has 1 aliphatic rings. The quantitative estimate of drug-likeness (QED) is 0.304. The van der Waals surface area contributed by atoms with Crippen molar-refractivity contribution < 1.29 is 0 Å². The largest absolute Gasteiger partial charge is 0.114 e. The second-order valence-corrected chi connectivity index (χ2v) is 1.57. The molecular formula is C5H8B. The molecule has 0 aliphatic carbocycles. The summed E-state index contributed by atoms with van der Waals surface area (Å²) in [7, 11) is 2.31. The summed E-state index contributed by atoms with van der Waals surface area (Å²) in [4.78, 5) is 0. The molecule has 1 radical (unpaired) electrons. The molecule has 0 aromatic heterocycles. The Morgan fingerprint density at radius 2 is 2.33 bits per heavy atom. The summed E-state index contributed by atoms with van der Waals surface area (Å²) >= 11 is 0. The molecule has 0 atom stereocenters. The molecule has 0 unspecified atom stereocenters. The fourth-order valence-electron chi connectivity index (χ4n) is 0.642. The topological polar surface area (TPSA) is 0 Å². The van der Waals surface area contributed by atoms with E-state index in [0.29, 0.717) is 0 Å². The molecule has 6 heavy (non-hydrogen) atoms. The molecule has 0 fully saturated rings. The standard InChI is InChI=1S/C5H8B/c1-2-4-6-5-3-1/h1-2H,3-5H2. The SMILES string of the molecule is [B]1CC=CCC1. The smallest absolute Gasteiger partial charge is 0.0964 e. The lowest BCUT2D eigenvalue weighted by Crippen LogP contribution is -1.88. The number of allylic oxidation sites excluding steroid dienone is 2. The van der Waals surface area contributed by atoms with E-state index in [1.807, 2.05) is 0 Å². The molecule has 0 aromatic carbocycles. The zero-order valence-electron chi connectivity index (χ0n) is 3.85. The molecule has 0 saturated carbocycles. The van der Waals surface area contributed by atoms with Crippen molar-refractivity contribution in [2.45, 2.75) is 19.1 Å². The van der Waals surface area contributed by atoms with Crippen molar-refractivity contribution in [1.29, 1.82) is 0 Å². The van der Waals surface area contributed by atoms with Crippen LogP contribution in [0.5, 0.6) is 0 Å². The molecule has 31 valence electrons. The van der Waals surface area contributed by atoms with E-state index in [-0.39, 0.29) is 0 Å². The van der Waals surface area contributed by atoms with Gasteiger partial charge in [-0.3, -0.25) is 0 Å². The average molecular weight is 78.9 g/mol. The van der Waals surface area contributed by atoms with Gasteiger partial charge in [0, 0.05) is 0 Å². The summed E-state index contributed by atoms with van der Waals surface area (Å²) in [5.41, 5.74) is 0. The highest BCUT2D eigenvalue weighted by atomic mass is 13.8. The van der Waals surface area contributed by atoms with E-state index in [1.165, 1.54) is 19.1 Å². The third-order valence-electron chi connectivity index (χ3n) is 1.01. The van der Waals surface area contributed by atoms with Gasteiger partial charge in [-0.1, -0.05) is 24.8 Å². The first-order valence-electron chi connectivity index (χ1n) is 2.47. The van der Waals surface area contributed by atoms with E-state index >= 15 is 0 Å². The van der Waals surface area contributed by atoms with Crippen molar-refractivity contribution >= 4 is 7.28 Å². The molecule has 0 N–H and O–H groups in total. The van der Waals surface area contributed by atoms with Crippen LogP contribution >= 0.6 is 0 Å². The first-order valence-corrected chi connectivity index (χ1v) is 2.47. The van der Waals surface area contributed by atoms with Crippen molar-refractivity contribution in [3.8, 4) is 0 Å². The molecule has 0 nitrogen and oxygen atoms in total. The fraction of sp³-hybridized carbons (Fsp3) is 0.600. The van der Waals surface area contributed by atoms with Crippen LogP contribution < -0.4 is 0 Å². The molecule has 0 amide bonds. The predicted molar refractivity (Wildman–Crippen MR) is 29.1 cm³/mol. The lowest BCUT2D eigenvalue weighted by molar-refractivity contribution is 1.16. The Balaban J connectivity index is 2.26. The summed E-state index contributed by atoms with van der Waals surface area (Å²) in [6, 6.07) is 0. The van der Waals surface area contributed by atoms with Crippen LogP contribution in [0.25, 0.3) is 0 Å². The van der Waals surface area contributed by atoms with Gasteiger partial charge in [-0.05, 0) is 6.42 Å². The third-order valence-corrected chi connectivity index (χ3v) is 1.01. The maximum atomic E-state index is 2.31. The molecule has 1 rings (SSSR count). The Morgan fingerprint density at radius 1 is 1.33 bits per heavy atom. The highest BCUT2D eigenvalue weighted by Crippen LogP contribution is 2.01. The summed E-state index contributed by atoms with van der Waals surface area (Å²) in [6.45, 7) is 0. The molecule has 0 aromatic rings. The summed E-state index contributed by atoms with van der Waals surface area (Å²) in [5.74, 6) is 0. The normalized spacial score (nSPS) is 20.0. The zero-order valence-corrected chi connectivity index (χ0v) is 3.85. The van der Waals surface area contributed by atoms with Crippen molar-refractivity contribution in [2.24, 2.45) is 0 Å². The number of hydrogen-bond donors (Lipinski definition) is 0. The number of hydrogen-bond acceptors (Lipinski definition) is 0. The van der Waals surface area contributed by atoms with E-state index in [0.717, 1.165) is 0 Å². The Hall–Kier alpha value is -0.195. The van der Waals surface area contributed by atoms with Crippen LogP contribution in [0.3, 0.4) is 0 Å². The maximum absolute atomic E-state index is 2.31. The number of rotatable bonds is 0. The van der Waals surface area contributed by atoms with E-state index in [4.69, 9.17) is 0 Å². The lowest BCUT2D eigenvalue weighted by Gasteiger charge is -1.95. The average Bonchev–Trinajstić information content (AvgIpc) is 1.72. The molecule has 1 aliphatic heterocycles. The van der Waals surface area contributed by atoms with Crippen LogP contribution in [-0.2, 0) is 0 Å². The van der Waals surface area contributed by atoms with E-state index in [1.54, 1.807) is 0 Å². The Labute approximate surface area is 39.5 Å². The van der Waals surface area contributed by atoms with Crippen molar-refractivity contribution in [3.63, 3.8) is 0 Å². The highest BCUT2D eigenvalue weighted by molar-refractivity contribution is 6.36.